The molecule has 5 heteroatoms. The smallest absolute Gasteiger partial charge is 0.206 e. The molecule has 3 aromatic rings. The fourth-order valence-corrected chi connectivity index (χ4v) is 3.04. The van der Waals surface area contributed by atoms with Crippen molar-refractivity contribution in [2.45, 2.75) is 6.92 Å². The van der Waals surface area contributed by atoms with Crippen LogP contribution in [0.25, 0.3) is 11.3 Å². The Balaban J connectivity index is 2.04. The van der Waals surface area contributed by atoms with E-state index in [0.29, 0.717) is 6.54 Å². The van der Waals surface area contributed by atoms with Crippen LogP contribution < -0.4 is 4.80 Å². The maximum atomic E-state index is 13.1. The summed E-state index contributed by atoms with van der Waals surface area (Å²) in [5.74, 6) is -0.262. The maximum Gasteiger partial charge on any atom is 0.206 e. The van der Waals surface area contributed by atoms with Crippen molar-refractivity contribution < 1.29 is 4.39 Å². The van der Waals surface area contributed by atoms with Gasteiger partial charge in [0, 0.05) is 10.9 Å². The first-order valence-electron chi connectivity index (χ1n) is 7.84. The van der Waals surface area contributed by atoms with Gasteiger partial charge in [0.1, 0.15) is 5.82 Å². The van der Waals surface area contributed by atoms with Crippen LogP contribution in [0.3, 0.4) is 0 Å². The molecule has 126 valence electrons. The second kappa shape index (κ2) is 7.85. The molecule has 0 radical (unpaired) electrons. The van der Waals surface area contributed by atoms with Crippen LogP contribution in [0.2, 0.25) is 0 Å². The first-order chi connectivity index (χ1) is 12.1. The van der Waals surface area contributed by atoms with Gasteiger partial charge >= 0.3 is 0 Å². The first kappa shape index (κ1) is 17.0. The first-order valence-corrected chi connectivity index (χ1v) is 8.72. The van der Waals surface area contributed by atoms with Crippen molar-refractivity contribution in [1.82, 2.24) is 4.68 Å². The minimum absolute atomic E-state index is 0.262. The fraction of sp³-hybridized carbons (Fsp3) is 0.100. The monoisotopic (exact) mass is 351 g/mol. The average Bonchev–Trinajstić information content (AvgIpc) is 3.03. The molecule has 1 heterocycles. The van der Waals surface area contributed by atoms with Crippen molar-refractivity contribution >= 4 is 17.6 Å². The summed E-state index contributed by atoms with van der Waals surface area (Å²) >= 11 is 1.53. The molecule has 0 atom stereocenters. The van der Waals surface area contributed by atoms with Crippen molar-refractivity contribution in [1.29, 1.82) is 0 Å². The van der Waals surface area contributed by atoms with Crippen LogP contribution in [0.5, 0.6) is 0 Å². The molecular formula is C20H18FN3S. The van der Waals surface area contributed by atoms with E-state index in [2.05, 4.69) is 16.7 Å². The highest BCUT2D eigenvalue weighted by molar-refractivity contribution is 7.07. The number of rotatable bonds is 5. The van der Waals surface area contributed by atoms with Gasteiger partial charge in [-0.25, -0.2) is 9.07 Å². The van der Waals surface area contributed by atoms with E-state index < -0.39 is 0 Å². The van der Waals surface area contributed by atoms with E-state index in [0.717, 1.165) is 27.2 Å². The van der Waals surface area contributed by atoms with Crippen molar-refractivity contribution in [3.63, 3.8) is 0 Å². The molecule has 0 amide bonds. The lowest BCUT2D eigenvalue weighted by molar-refractivity contribution is 0.628. The summed E-state index contributed by atoms with van der Waals surface area (Å²) < 4.78 is 14.9. The van der Waals surface area contributed by atoms with Gasteiger partial charge in [-0.2, -0.15) is 5.10 Å². The Kier molecular flexibility index (Phi) is 5.36. The van der Waals surface area contributed by atoms with Crippen molar-refractivity contribution in [2.75, 3.05) is 6.54 Å². The predicted molar refractivity (Wildman–Crippen MR) is 102 cm³/mol. The van der Waals surface area contributed by atoms with E-state index in [1.807, 2.05) is 47.3 Å². The predicted octanol–water partition coefficient (Wildman–Crippen LogP) is 4.71. The molecule has 3 rings (SSSR count). The van der Waals surface area contributed by atoms with Crippen molar-refractivity contribution in [3.05, 3.63) is 88.3 Å². The molecule has 0 bridgehead atoms. The summed E-state index contributed by atoms with van der Waals surface area (Å²) in [7, 11) is 0. The van der Waals surface area contributed by atoms with Crippen LogP contribution in [0.4, 0.5) is 4.39 Å². The summed E-state index contributed by atoms with van der Waals surface area (Å²) in [6.45, 7) is 6.40. The molecule has 0 unspecified atom stereocenters. The second-order valence-corrected chi connectivity index (χ2v) is 6.49. The Morgan fingerprint density at radius 3 is 2.56 bits per heavy atom. The lowest BCUT2D eigenvalue weighted by Crippen LogP contribution is -2.13. The molecule has 1 aromatic heterocycles. The number of benzene rings is 2. The molecule has 0 aliphatic carbocycles. The summed E-state index contributed by atoms with van der Waals surface area (Å²) in [5, 5.41) is 6.61. The molecule has 0 saturated heterocycles. The SMILES string of the molecule is C=C(C)CN=c1scc(-c2ccccc2)n1N=Cc1ccc(F)cc1. The zero-order valence-corrected chi connectivity index (χ0v) is 14.7. The third-order valence-corrected chi connectivity index (χ3v) is 4.29. The Morgan fingerprint density at radius 2 is 1.88 bits per heavy atom. The van der Waals surface area contributed by atoms with Crippen LogP contribution >= 0.6 is 11.3 Å². The maximum absolute atomic E-state index is 13.1. The minimum Gasteiger partial charge on any atom is -0.253 e. The normalized spacial score (nSPS) is 12.0. The van der Waals surface area contributed by atoms with Crippen LogP contribution in [-0.4, -0.2) is 17.4 Å². The largest absolute Gasteiger partial charge is 0.253 e. The highest BCUT2D eigenvalue weighted by Gasteiger charge is 2.06. The lowest BCUT2D eigenvalue weighted by Gasteiger charge is -2.03. The Hall–Kier alpha value is -2.79. The Morgan fingerprint density at radius 1 is 1.16 bits per heavy atom. The number of hydrogen-bond donors (Lipinski definition) is 0. The topological polar surface area (TPSA) is 29.6 Å². The van der Waals surface area contributed by atoms with Crippen LogP contribution in [0.1, 0.15) is 12.5 Å². The average molecular weight is 351 g/mol. The second-order valence-electron chi connectivity index (χ2n) is 5.65. The van der Waals surface area contributed by atoms with Gasteiger partial charge < -0.3 is 0 Å². The van der Waals surface area contributed by atoms with E-state index in [1.54, 1.807) is 18.3 Å². The highest BCUT2D eigenvalue weighted by Crippen LogP contribution is 2.19. The summed E-state index contributed by atoms with van der Waals surface area (Å²) in [5.41, 5.74) is 3.84. The van der Waals surface area contributed by atoms with Gasteiger partial charge in [0.05, 0.1) is 18.5 Å². The minimum atomic E-state index is -0.262. The number of aromatic nitrogens is 1. The van der Waals surface area contributed by atoms with Gasteiger partial charge in [0.25, 0.3) is 0 Å². The van der Waals surface area contributed by atoms with Crippen LogP contribution in [0.15, 0.2) is 82.2 Å². The fourth-order valence-electron chi connectivity index (χ4n) is 2.20. The highest BCUT2D eigenvalue weighted by atomic mass is 32.1. The van der Waals surface area contributed by atoms with Gasteiger partial charge in [-0.05, 0) is 24.6 Å². The molecule has 2 aromatic carbocycles. The third-order valence-electron chi connectivity index (χ3n) is 3.43. The number of hydrogen-bond acceptors (Lipinski definition) is 3. The Bertz CT molecular complexity index is 951. The molecule has 0 saturated carbocycles. The lowest BCUT2D eigenvalue weighted by atomic mass is 10.2. The molecule has 0 aliphatic rings. The zero-order chi connectivity index (χ0) is 17.6. The van der Waals surface area contributed by atoms with Gasteiger partial charge in [0.2, 0.25) is 4.80 Å². The van der Waals surface area contributed by atoms with Gasteiger partial charge in [-0.15, -0.1) is 11.3 Å². The summed E-state index contributed by atoms with van der Waals surface area (Å²) in [4.78, 5) is 5.38. The summed E-state index contributed by atoms with van der Waals surface area (Å²) in [6.07, 6.45) is 1.71. The van der Waals surface area contributed by atoms with Gasteiger partial charge in [-0.1, -0.05) is 54.6 Å². The zero-order valence-electron chi connectivity index (χ0n) is 13.9. The van der Waals surface area contributed by atoms with Gasteiger partial charge in [0.15, 0.2) is 0 Å². The van der Waals surface area contributed by atoms with E-state index in [4.69, 9.17) is 0 Å². The molecule has 0 aliphatic heterocycles. The van der Waals surface area contributed by atoms with E-state index >= 15 is 0 Å². The van der Waals surface area contributed by atoms with Crippen LogP contribution in [-0.2, 0) is 0 Å². The number of thiazole rings is 1. The Labute approximate surface area is 150 Å². The number of halogens is 1. The molecule has 3 nitrogen and oxygen atoms in total. The van der Waals surface area contributed by atoms with Crippen LogP contribution in [0, 0.1) is 5.82 Å². The van der Waals surface area contributed by atoms with E-state index in [-0.39, 0.29) is 5.82 Å². The third kappa shape index (κ3) is 4.39. The van der Waals surface area contributed by atoms with Gasteiger partial charge in [-0.3, -0.25) is 4.99 Å². The van der Waals surface area contributed by atoms with Crippen molar-refractivity contribution in [2.24, 2.45) is 10.1 Å². The number of nitrogens with zero attached hydrogens (tertiary/aromatic N) is 3. The quantitative estimate of drug-likeness (QED) is 0.470. The molecular weight excluding hydrogens is 333 g/mol. The standard InChI is InChI=1S/C20H18FN3S/c1-15(2)12-22-20-24(23-13-16-8-10-18(21)11-9-16)19(14-25-20)17-6-4-3-5-7-17/h3-11,13-14H,1,12H2,2H3. The van der Waals surface area contributed by atoms with E-state index in [9.17, 15) is 4.39 Å². The molecule has 0 fully saturated rings. The van der Waals surface area contributed by atoms with E-state index in [1.165, 1.54) is 23.5 Å². The molecule has 25 heavy (non-hydrogen) atoms. The molecule has 0 spiro atoms. The summed E-state index contributed by atoms with van der Waals surface area (Å²) in [6, 6.07) is 16.3. The van der Waals surface area contributed by atoms with Crippen molar-refractivity contribution in [3.8, 4) is 11.3 Å². The molecule has 0 N–H and O–H groups in total.